The quantitative estimate of drug-likeness (QED) is 0.744. The van der Waals surface area contributed by atoms with Crippen LogP contribution in [0, 0.1) is 5.92 Å². The molecule has 3 rings (SSSR count). The van der Waals surface area contributed by atoms with Crippen LogP contribution in [0.4, 0.5) is 0 Å². The molecule has 1 saturated heterocycles. The number of carbonyl (C=O) groups excluding carboxylic acids is 1. The molecule has 134 valence electrons. The number of amides is 1. The average Bonchev–Trinajstić information content (AvgIpc) is 2.99. The van der Waals surface area contributed by atoms with E-state index in [1.807, 2.05) is 14.1 Å². The Kier molecular flexibility index (Phi) is 4.24. The molecular formula is C17H23N5O3. The maximum Gasteiger partial charge on any atom is 0.332 e. The first-order valence-electron chi connectivity index (χ1n) is 8.24. The normalized spacial score (nSPS) is 20.6. The molecule has 2 aromatic heterocycles. The van der Waals surface area contributed by atoms with Gasteiger partial charge in [-0.1, -0.05) is 6.92 Å². The first-order chi connectivity index (χ1) is 11.7. The van der Waals surface area contributed by atoms with Crippen molar-refractivity contribution in [3.05, 3.63) is 38.7 Å². The lowest BCUT2D eigenvalue weighted by molar-refractivity contribution is 0.0776. The second-order valence-corrected chi connectivity index (χ2v) is 6.99. The van der Waals surface area contributed by atoms with Crippen molar-refractivity contribution in [2.24, 2.45) is 20.0 Å². The smallest absolute Gasteiger partial charge is 0.332 e. The summed E-state index contributed by atoms with van der Waals surface area (Å²) in [5, 5.41) is 0.321. The van der Waals surface area contributed by atoms with E-state index in [-0.39, 0.29) is 17.2 Å². The fourth-order valence-electron chi connectivity index (χ4n) is 3.52. The van der Waals surface area contributed by atoms with E-state index in [4.69, 9.17) is 0 Å². The van der Waals surface area contributed by atoms with E-state index < -0.39 is 11.2 Å². The number of fused-ring (bicyclic) bond motifs is 1. The molecule has 2 atom stereocenters. The van der Waals surface area contributed by atoms with E-state index in [1.54, 1.807) is 24.1 Å². The highest BCUT2D eigenvalue weighted by molar-refractivity contribution is 5.94. The Bertz CT molecular complexity index is 959. The molecular weight excluding hydrogens is 322 g/mol. The van der Waals surface area contributed by atoms with Gasteiger partial charge in [-0.15, -0.1) is 0 Å². The molecule has 3 heterocycles. The number of hydrogen-bond acceptors (Lipinski definition) is 5. The monoisotopic (exact) mass is 345 g/mol. The van der Waals surface area contributed by atoms with Crippen molar-refractivity contribution in [3.8, 4) is 0 Å². The van der Waals surface area contributed by atoms with Gasteiger partial charge in [-0.05, 0) is 32.1 Å². The van der Waals surface area contributed by atoms with Gasteiger partial charge >= 0.3 is 5.69 Å². The lowest BCUT2D eigenvalue weighted by atomic mass is 10.1. The Morgan fingerprint density at radius 1 is 1.16 bits per heavy atom. The summed E-state index contributed by atoms with van der Waals surface area (Å²) in [5.74, 6) is 0.197. The highest BCUT2D eigenvalue weighted by atomic mass is 16.2. The van der Waals surface area contributed by atoms with E-state index in [9.17, 15) is 14.4 Å². The van der Waals surface area contributed by atoms with E-state index in [2.05, 4.69) is 16.8 Å². The average molecular weight is 345 g/mol. The first-order valence-corrected chi connectivity index (χ1v) is 8.24. The lowest BCUT2D eigenvalue weighted by Crippen LogP contribution is -2.38. The summed E-state index contributed by atoms with van der Waals surface area (Å²) >= 11 is 0. The van der Waals surface area contributed by atoms with E-state index in [0.717, 1.165) is 4.57 Å². The number of likely N-dealkylation sites (tertiary alicyclic amines) is 1. The van der Waals surface area contributed by atoms with E-state index in [0.29, 0.717) is 30.4 Å². The number of nitrogens with zero attached hydrogens (tertiary/aromatic N) is 5. The minimum absolute atomic E-state index is 0.175. The minimum atomic E-state index is -0.461. The van der Waals surface area contributed by atoms with Crippen LogP contribution >= 0.6 is 0 Å². The van der Waals surface area contributed by atoms with Gasteiger partial charge < -0.3 is 9.80 Å². The Balaban J connectivity index is 2.02. The molecule has 8 heteroatoms. The molecule has 8 nitrogen and oxygen atoms in total. The molecule has 0 radical (unpaired) electrons. The molecule has 0 N–H and O–H groups in total. The molecule has 0 aromatic carbocycles. The van der Waals surface area contributed by atoms with Gasteiger partial charge in [-0.2, -0.15) is 0 Å². The zero-order valence-corrected chi connectivity index (χ0v) is 15.2. The Labute approximate surface area is 145 Å². The minimum Gasteiger partial charge on any atom is -0.335 e. The molecule has 0 bridgehead atoms. The first kappa shape index (κ1) is 17.3. The number of hydrogen-bond donors (Lipinski definition) is 0. The van der Waals surface area contributed by atoms with Crippen LogP contribution in [-0.2, 0) is 14.1 Å². The number of carbonyl (C=O) groups is 1. The summed E-state index contributed by atoms with van der Waals surface area (Å²) < 4.78 is 2.33. The molecule has 25 heavy (non-hydrogen) atoms. The van der Waals surface area contributed by atoms with Crippen molar-refractivity contribution in [1.82, 2.24) is 23.9 Å². The molecule has 0 aliphatic carbocycles. The van der Waals surface area contributed by atoms with Gasteiger partial charge in [0, 0.05) is 33.2 Å². The third-order valence-corrected chi connectivity index (χ3v) is 5.04. The SMILES string of the molecule is CC1CN(C(=O)c2ccc3c(=O)n(C)c(=O)n(C)c3n2)CC1N(C)C. The van der Waals surface area contributed by atoms with E-state index >= 15 is 0 Å². The summed E-state index contributed by atoms with van der Waals surface area (Å²) in [6.45, 7) is 3.43. The Morgan fingerprint density at radius 3 is 2.44 bits per heavy atom. The standard InChI is InChI=1S/C17H23N5O3/c1-10-8-22(9-13(10)19(2)3)16(24)12-7-6-11-14(18-12)20(4)17(25)21(5)15(11)23/h6-7,10,13H,8-9H2,1-5H3. The van der Waals surface area contributed by atoms with Gasteiger partial charge in [0.2, 0.25) is 0 Å². The van der Waals surface area contributed by atoms with Gasteiger partial charge in [-0.3, -0.25) is 18.7 Å². The topological polar surface area (TPSA) is 80.4 Å². The summed E-state index contributed by atoms with van der Waals surface area (Å²) in [6.07, 6.45) is 0. The van der Waals surface area contributed by atoms with Crippen LogP contribution in [0.5, 0.6) is 0 Å². The second-order valence-electron chi connectivity index (χ2n) is 6.99. The van der Waals surface area contributed by atoms with Crippen molar-refractivity contribution in [2.75, 3.05) is 27.2 Å². The van der Waals surface area contributed by atoms with Crippen LogP contribution in [0.15, 0.2) is 21.7 Å². The van der Waals surface area contributed by atoms with Crippen molar-refractivity contribution >= 4 is 16.9 Å². The van der Waals surface area contributed by atoms with Crippen molar-refractivity contribution in [2.45, 2.75) is 13.0 Å². The van der Waals surface area contributed by atoms with Crippen LogP contribution in [-0.4, -0.2) is 63.1 Å². The lowest BCUT2D eigenvalue weighted by Gasteiger charge is -2.22. The Morgan fingerprint density at radius 2 is 1.84 bits per heavy atom. The molecule has 0 saturated carbocycles. The number of aromatic nitrogens is 3. The highest BCUT2D eigenvalue weighted by Gasteiger charge is 2.34. The molecule has 0 spiro atoms. The van der Waals surface area contributed by atoms with E-state index in [1.165, 1.54) is 11.6 Å². The van der Waals surface area contributed by atoms with Crippen LogP contribution < -0.4 is 11.2 Å². The van der Waals surface area contributed by atoms with Gasteiger partial charge in [0.25, 0.3) is 11.5 Å². The Hall–Kier alpha value is -2.48. The molecule has 1 amide bonds. The number of likely N-dealkylation sites (N-methyl/N-ethyl adjacent to an activating group) is 1. The van der Waals surface area contributed by atoms with Gasteiger partial charge in [0.15, 0.2) is 0 Å². The van der Waals surface area contributed by atoms with Gasteiger partial charge in [-0.25, -0.2) is 9.78 Å². The largest absolute Gasteiger partial charge is 0.335 e. The summed E-state index contributed by atoms with van der Waals surface area (Å²) in [6, 6.07) is 3.44. The van der Waals surface area contributed by atoms with Crippen LogP contribution in [0.25, 0.3) is 11.0 Å². The second kappa shape index (κ2) is 6.11. The van der Waals surface area contributed by atoms with Gasteiger partial charge in [0.05, 0.1) is 5.39 Å². The summed E-state index contributed by atoms with van der Waals surface area (Å²) in [5.41, 5.74) is -0.387. The zero-order chi connectivity index (χ0) is 18.5. The van der Waals surface area contributed by atoms with Crippen LogP contribution in [0.1, 0.15) is 17.4 Å². The number of rotatable bonds is 2. The zero-order valence-electron chi connectivity index (χ0n) is 15.2. The van der Waals surface area contributed by atoms with Crippen molar-refractivity contribution in [1.29, 1.82) is 0 Å². The summed E-state index contributed by atoms with van der Waals surface area (Å²) in [4.78, 5) is 45.3. The molecule has 1 aliphatic heterocycles. The van der Waals surface area contributed by atoms with Crippen LogP contribution in [0.2, 0.25) is 0 Å². The fraction of sp³-hybridized carbons (Fsp3) is 0.529. The number of pyridine rings is 1. The molecule has 2 aromatic rings. The fourth-order valence-corrected chi connectivity index (χ4v) is 3.52. The third-order valence-electron chi connectivity index (χ3n) is 5.04. The van der Waals surface area contributed by atoms with Crippen LogP contribution in [0.3, 0.4) is 0 Å². The maximum absolute atomic E-state index is 12.8. The van der Waals surface area contributed by atoms with Crippen molar-refractivity contribution < 1.29 is 4.79 Å². The molecule has 1 aliphatic rings. The third kappa shape index (κ3) is 2.76. The van der Waals surface area contributed by atoms with Gasteiger partial charge in [0.1, 0.15) is 11.3 Å². The predicted molar refractivity (Wildman–Crippen MR) is 94.8 cm³/mol. The molecule has 2 unspecified atom stereocenters. The summed E-state index contributed by atoms with van der Waals surface area (Å²) in [7, 11) is 6.99. The maximum atomic E-state index is 12.8. The van der Waals surface area contributed by atoms with Crippen molar-refractivity contribution in [3.63, 3.8) is 0 Å². The number of aryl methyl sites for hydroxylation is 1. The predicted octanol–water partition coefficient (Wildman–Crippen LogP) is -0.346. The molecule has 1 fully saturated rings. The highest BCUT2D eigenvalue weighted by Crippen LogP contribution is 2.21.